The smallest absolute Gasteiger partial charge is 0.350 e. The molecule has 170 valence electrons. The van der Waals surface area contributed by atoms with Crippen molar-refractivity contribution >= 4 is 39.9 Å². The van der Waals surface area contributed by atoms with Gasteiger partial charge in [0.1, 0.15) is 4.88 Å². The van der Waals surface area contributed by atoms with Gasteiger partial charge in [-0.15, -0.1) is 0 Å². The van der Waals surface area contributed by atoms with E-state index in [1.54, 1.807) is 21.0 Å². The van der Waals surface area contributed by atoms with E-state index in [0.717, 1.165) is 10.8 Å². The number of imidazole rings is 1. The van der Waals surface area contributed by atoms with E-state index in [2.05, 4.69) is 25.2 Å². The van der Waals surface area contributed by atoms with Gasteiger partial charge in [0.2, 0.25) is 0 Å². The third-order valence-electron chi connectivity index (χ3n) is 5.17. The van der Waals surface area contributed by atoms with Crippen LogP contribution in [0.15, 0.2) is 0 Å². The number of aromatic nitrogens is 3. The number of rotatable bonds is 7. The van der Waals surface area contributed by atoms with E-state index < -0.39 is 0 Å². The van der Waals surface area contributed by atoms with Crippen molar-refractivity contribution in [3.8, 4) is 0 Å². The van der Waals surface area contributed by atoms with Crippen LogP contribution in [0.2, 0.25) is 5.15 Å². The Morgan fingerprint density at radius 2 is 2.13 bits per heavy atom. The van der Waals surface area contributed by atoms with Gasteiger partial charge in [-0.1, -0.05) is 36.8 Å². The Balaban J connectivity index is 1.67. The average molecular weight is 470 g/mol. The van der Waals surface area contributed by atoms with E-state index >= 15 is 0 Å². The fourth-order valence-corrected chi connectivity index (χ4v) is 4.84. The maximum absolute atomic E-state index is 12.7. The molecule has 1 amide bonds. The average Bonchev–Trinajstić information content (AvgIpc) is 3.31. The van der Waals surface area contributed by atoms with Crippen LogP contribution in [0.4, 0.5) is 5.13 Å². The van der Waals surface area contributed by atoms with Crippen LogP contribution in [0.1, 0.15) is 64.8 Å². The number of carbonyl (C=O) groups excluding carboxylic acids is 2. The molecule has 2 N–H and O–H groups in total. The van der Waals surface area contributed by atoms with E-state index in [9.17, 15) is 9.59 Å². The molecule has 1 fully saturated rings. The third kappa shape index (κ3) is 5.19. The molecule has 2 aromatic heterocycles. The van der Waals surface area contributed by atoms with E-state index in [1.807, 2.05) is 13.8 Å². The van der Waals surface area contributed by atoms with Crippen LogP contribution in [0, 0.1) is 6.92 Å². The zero-order valence-corrected chi connectivity index (χ0v) is 19.9. The molecule has 1 aliphatic rings. The minimum absolute atomic E-state index is 0.137. The monoisotopic (exact) mass is 469 g/mol. The zero-order valence-electron chi connectivity index (χ0n) is 18.3. The van der Waals surface area contributed by atoms with Crippen LogP contribution in [0.3, 0.4) is 0 Å². The van der Waals surface area contributed by atoms with Crippen LogP contribution in [-0.4, -0.2) is 65.8 Å². The first kappa shape index (κ1) is 23.5. The number of nitrogens with one attached hydrogen (secondary N) is 2. The van der Waals surface area contributed by atoms with Gasteiger partial charge >= 0.3 is 5.97 Å². The topological polar surface area (TPSA) is 109 Å². The summed E-state index contributed by atoms with van der Waals surface area (Å²) in [5.41, 5.74) is 1.39. The standard InChI is InChI=1S/C20H28ClN5O4S/c1-6-30-19(28)15-11(4)22-20(31-15)26-8-7-12(13(9-26)29-5)23-18(27)17-24-14(10(2)3)16(21)25-17/h10,12-13H,6-9H2,1-5H3,(H,23,27)(H,24,25)/t12-,13+/m1/s1. The van der Waals surface area contributed by atoms with Crippen molar-refractivity contribution < 1.29 is 19.1 Å². The Labute approximate surface area is 190 Å². The number of carbonyl (C=O) groups is 2. The highest BCUT2D eigenvalue weighted by atomic mass is 35.5. The maximum atomic E-state index is 12.7. The summed E-state index contributed by atoms with van der Waals surface area (Å²) in [5.74, 6) is -0.338. The Bertz CT molecular complexity index is 944. The van der Waals surface area contributed by atoms with Gasteiger partial charge in [0.15, 0.2) is 16.1 Å². The Kier molecular flexibility index (Phi) is 7.55. The molecule has 1 saturated heterocycles. The highest BCUT2D eigenvalue weighted by Crippen LogP contribution is 2.30. The second-order valence-electron chi connectivity index (χ2n) is 7.66. The summed E-state index contributed by atoms with van der Waals surface area (Å²) in [6, 6.07) is -0.189. The summed E-state index contributed by atoms with van der Waals surface area (Å²) < 4.78 is 10.8. The summed E-state index contributed by atoms with van der Waals surface area (Å²) in [6.45, 7) is 9.05. The van der Waals surface area contributed by atoms with Crippen molar-refractivity contribution in [2.75, 3.05) is 31.7 Å². The van der Waals surface area contributed by atoms with Crippen molar-refractivity contribution in [3.05, 3.63) is 27.2 Å². The van der Waals surface area contributed by atoms with Gasteiger partial charge in [0.25, 0.3) is 5.91 Å². The van der Waals surface area contributed by atoms with Crippen molar-refractivity contribution in [3.63, 3.8) is 0 Å². The molecule has 11 heteroatoms. The summed E-state index contributed by atoms with van der Waals surface area (Å²) in [7, 11) is 1.62. The molecule has 31 heavy (non-hydrogen) atoms. The number of amides is 1. The molecule has 2 aromatic rings. The highest BCUT2D eigenvalue weighted by Gasteiger charge is 2.33. The minimum atomic E-state index is -0.355. The van der Waals surface area contributed by atoms with E-state index in [0.29, 0.717) is 41.8 Å². The first-order valence-electron chi connectivity index (χ1n) is 10.2. The molecule has 0 aliphatic carbocycles. The summed E-state index contributed by atoms with van der Waals surface area (Å²) in [6.07, 6.45) is 0.409. The molecular weight excluding hydrogens is 442 g/mol. The molecule has 3 heterocycles. The van der Waals surface area contributed by atoms with Crippen LogP contribution in [0.25, 0.3) is 0 Å². The quantitative estimate of drug-likeness (QED) is 0.599. The zero-order chi connectivity index (χ0) is 22.7. The van der Waals surface area contributed by atoms with Gasteiger partial charge in [0, 0.05) is 20.2 Å². The highest BCUT2D eigenvalue weighted by molar-refractivity contribution is 7.17. The number of H-pyrrole nitrogens is 1. The van der Waals surface area contributed by atoms with E-state index in [1.165, 1.54) is 11.3 Å². The Hall–Kier alpha value is -2.17. The normalized spacial score (nSPS) is 19.0. The molecule has 2 atom stereocenters. The lowest BCUT2D eigenvalue weighted by atomic mass is 10.0. The number of esters is 1. The number of ether oxygens (including phenoxy) is 2. The fourth-order valence-electron chi connectivity index (χ4n) is 3.49. The molecule has 0 radical (unpaired) electrons. The number of piperidine rings is 1. The molecule has 3 rings (SSSR count). The summed E-state index contributed by atoms with van der Waals surface area (Å²) in [5, 5.41) is 4.06. The number of aryl methyl sites for hydroxylation is 1. The summed E-state index contributed by atoms with van der Waals surface area (Å²) in [4.78, 5) is 39.1. The number of halogens is 1. The number of hydrogen-bond acceptors (Lipinski definition) is 8. The first-order chi connectivity index (χ1) is 14.7. The lowest BCUT2D eigenvalue weighted by Crippen LogP contribution is -2.55. The second kappa shape index (κ2) is 9.97. The van der Waals surface area contributed by atoms with Gasteiger partial charge < -0.3 is 24.7 Å². The van der Waals surface area contributed by atoms with Gasteiger partial charge in [-0.2, -0.15) is 0 Å². The second-order valence-corrected chi connectivity index (χ2v) is 9.00. The van der Waals surface area contributed by atoms with Crippen molar-refractivity contribution in [1.29, 1.82) is 0 Å². The van der Waals surface area contributed by atoms with E-state index in [4.69, 9.17) is 21.1 Å². The molecular formula is C20H28ClN5O4S. The Morgan fingerprint density at radius 3 is 2.74 bits per heavy atom. The van der Waals surface area contributed by atoms with Crippen LogP contribution >= 0.6 is 22.9 Å². The number of anilines is 1. The SMILES string of the molecule is CCOC(=O)c1sc(N2CC[C@@H](NC(=O)c3nc(Cl)c(C(C)C)[nH]3)[C@@H](OC)C2)nc1C. The largest absolute Gasteiger partial charge is 0.462 e. The molecule has 9 nitrogen and oxygen atoms in total. The predicted octanol–water partition coefficient (Wildman–Crippen LogP) is 3.15. The molecule has 0 bridgehead atoms. The van der Waals surface area contributed by atoms with Crippen molar-refractivity contribution in [2.45, 2.75) is 52.2 Å². The molecule has 0 saturated carbocycles. The lowest BCUT2D eigenvalue weighted by molar-refractivity contribution is 0.0530. The van der Waals surface area contributed by atoms with Gasteiger partial charge in [-0.05, 0) is 26.2 Å². The summed E-state index contributed by atoms with van der Waals surface area (Å²) >= 11 is 7.45. The fraction of sp³-hybridized carbons (Fsp3) is 0.600. The molecule has 0 spiro atoms. The lowest BCUT2D eigenvalue weighted by Gasteiger charge is -2.37. The first-order valence-corrected chi connectivity index (χ1v) is 11.4. The predicted molar refractivity (Wildman–Crippen MR) is 119 cm³/mol. The number of aromatic amines is 1. The van der Waals surface area contributed by atoms with Crippen LogP contribution in [0.5, 0.6) is 0 Å². The molecule has 0 aromatic carbocycles. The van der Waals surface area contributed by atoms with Crippen molar-refractivity contribution in [1.82, 2.24) is 20.3 Å². The van der Waals surface area contributed by atoms with Gasteiger partial charge in [-0.3, -0.25) is 4.79 Å². The van der Waals surface area contributed by atoms with Crippen molar-refractivity contribution in [2.24, 2.45) is 0 Å². The van der Waals surface area contributed by atoms with Crippen LogP contribution < -0.4 is 10.2 Å². The number of thiazole rings is 1. The number of methoxy groups -OCH3 is 1. The molecule has 1 aliphatic heterocycles. The van der Waals surface area contributed by atoms with Gasteiger partial charge in [-0.25, -0.2) is 14.8 Å². The number of nitrogens with zero attached hydrogens (tertiary/aromatic N) is 3. The number of hydrogen-bond donors (Lipinski definition) is 2. The molecule has 0 unspecified atom stereocenters. The Morgan fingerprint density at radius 1 is 1.39 bits per heavy atom. The van der Waals surface area contributed by atoms with E-state index in [-0.39, 0.29) is 35.8 Å². The van der Waals surface area contributed by atoms with Gasteiger partial charge in [0.05, 0.1) is 30.1 Å². The third-order valence-corrected chi connectivity index (χ3v) is 6.66. The van der Waals surface area contributed by atoms with Crippen LogP contribution in [-0.2, 0) is 9.47 Å². The minimum Gasteiger partial charge on any atom is -0.462 e. The maximum Gasteiger partial charge on any atom is 0.350 e.